The number of nitrogens with one attached hydrogen (secondary N) is 2. The largest absolute Gasteiger partial charge is 0.444 e. The number of hydrogen-bond donors (Lipinski definition) is 3. The van der Waals surface area contributed by atoms with E-state index in [-0.39, 0.29) is 18.6 Å². The SMILES string of the molecule is CC(C)C(CCC(CO)NC(=O)OC(C)(C)C)NC(=O)OC(C)(C)C. The van der Waals surface area contributed by atoms with Crippen LogP contribution in [0.2, 0.25) is 0 Å². The van der Waals surface area contributed by atoms with Gasteiger partial charge in [-0.05, 0) is 60.3 Å². The first kappa shape index (κ1) is 23.5. The molecule has 7 nitrogen and oxygen atoms in total. The van der Waals surface area contributed by atoms with Crippen molar-refractivity contribution in [2.24, 2.45) is 5.92 Å². The number of carbonyl (C=O) groups excluding carboxylic acids is 2. The van der Waals surface area contributed by atoms with Gasteiger partial charge in [-0.2, -0.15) is 0 Å². The van der Waals surface area contributed by atoms with Crippen LogP contribution in [0.5, 0.6) is 0 Å². The van der Waals surface area contributed by atoms with Crippen LogP contribution in [-0.2, 0) is 9.47 Å². The molecule has 0 saturated carbocycles. The summed E-state index contributed by atoms with van der Waals surface area (Å²) in [6.45, 7) is 14.6. The summed E-state index contributed by atoms with van der Waals surface area (Å²) in [5, 5.41) is 15.0. The van der Waals surface area contributed by atoms with E-state index in [0.29, 0.717) is 12.8 Å². The molecule has 0 spiro atoms. The predicted molar refractivity (Wildman–Crippen MR) is 97.5 cm³/mol. The van der Waals surface area contributed by atoms with E-state index in [1.165, 1.54) is 0 Å². The summed E-state index contributed by atoms with van der Waals surface area (Å²) < 4.78 is 10.5. The second-order valence-electron chi connectivity index (χ2n) is 8.60. The van der Waals surface area contributed by atoms with E-state index in [4.69, 9.17) is 9.47 Å². The zero-order chi connectivity index (χ0) is 19.8. The van der Waals surface area contributed by atoms with E-state index in [0.717, 1.165) is 0 Å². The fraction of sp³-hybridized carbons (Fsp3) is 0.889. The Bertz CT molecular complexity index is 424. The molecule has 148 valence electrons. The Balaban J connectivity index is 4.56. The molecule has 0 fully saturated rings. The third-order valence-electron chi connectivity index (χ3n) is 3.27. The maximum Gasteiger partial charge on any atom is 0.407 e. The highest BCUT2D eigenvalue weighted by molar-refractivity contribution is 5.68. The molecule has 0 heterocycles. The van der Waals surface area contributed by atoms with Gasteiger partial charge < -0.3 is 25.2 Å². The summed E-state index contributed by atoms with van der Waals surface area (Å²) >= 11 is 0. The van der Waals surface area contributed by atoms with Crippen molar-refractivity contribution in [2.75, 3.05) is 6.61 Å². The first-order valence-electron chi connectivity index (χ1n) is 8.83. The Morgan fingerprint density at radius 1 is 0.880 bits per heavy atom. The van der Waals surface area contributed by atoms with Gasteiger partial charge in [-0.3, -0.25) is 0 Å². The highest BCUT2D eigenvalue weighted by Crippen LogP contribution is 2.14. The van der Waals surface area contributed by atoms with Gasteiger partial charge in [0.1, 0.15) is 11.2 Å². The average Bonchev–Trinajstić information content (AvgIpc) is 2.37. The number of aliphatic hydroxyl groups is 1. The molecule has 25 heavy (non-hydrogen) atoms. The third kappa shape index (κ3) is 12.5. The minimum absolute atomic E-state index is 0.121. The Kier molecular flexibility index (Phi) is 9.26. The number of alkyl carbamates (subject to hydrolysis) is 2. The third-order valence-corrected chi connectivity index (χ3v) is 3.27. The lowest BCUT2D eigenvalue weighted by Crippen LogP contribution is -2.44. The topological polar surface area (TPSA) is 96.9 Å². The summed E-state index contributed by atoms with van der Waals surface area (Å²) in [6.07, 6.45) is 0.0753. The van der Waals surface area contributed by atoms with E-state index >= 15 is 0 Å². The minimum atomic E-state index is -0.594. The average molecular weight is 360 g/mol. The molecule has 2 atom stereocenters. The van der Waals surface area contributed by atoms with Crippen molar-refractivity contribution in [1.82, 2.24) is 10.6 Å². The summed E-state index contributed by atoms with van der Waals surface area (Å²) in [4.78, 5) is 23.8. The molecule has 0 radical (unpaired) electrons. The number of rotatable bonds is 7. The highest BCUT2D eigenvalue weighted by atomic mass is 16.6. The molecule has 0 saturated heterocycles. The van der Waals surface area contributed by atoms with Crippen molar-refractivity contribution < 1.29 is 24.2 Å². The normalized spacial score (nSPS) is 14.6. The van der Waals surface area contributed by atoms with Crippen LogP contribution in [0.15, 0.2) is 0 Å². The summed E-state index contributed by atoms with van der Waals surface area (Å²) in [5.41, 5.74) is -1.15. The van der Waals surface area contributed by atoms with Crippen LogP contribution < -0.4 is 10.6 Å². The van der Waals surface area contributed by atoms with Gasteiger partial charge in [0.25, 0.3) is 0 Å². The van der Waals surface area contributed by atoms with Gasteiger partial charge in [-0.15, -0.1) is 0 Å². The lowest BCUT2D eigenvalue weighted by atomic mass is 9.97. The van der Waals surface area contributed by atoms with E-state index < -0.39 is 29.4 Å². The molecule has 0 aliphatic rings. The predicted octanol–water partition coefficient (Wildman–Crippen LogP) is 3.20. The lowest BCUT2D eigenvalue weighted by Gasteiger charge is -2.27. The molecule has 2 amide bonds. The summed E-state index contributed by atoms with van der Waals surface area (Å²) in [7, 11) is 0. The number of ether oxygens (including phenoxy) is 2. The van der Waals surface area contributed by atoms with Crippen molar-refractivity contribution in [1.29, 1.82) is 0 Å². The lowest BCUT2D eigenvalue weighted by molar-refractivity contribution is 0.0449. The van der Waals surface area contributed by atoms with Gasteiger partial charge in [-0.1, -0.05) is 13.8 Å². The maximum atomic E-state index is 11.9. The van der Waals surface area contributed by atoms with Gasteiger partial charge in [0.2, 0.25) is 0 Å². The molecule has 0 bridgehead atoms. The number of amides is 2. The van der Waals surface area contributed by atoms with Crippen LogP contribution in [0.25, 0.3) is 0 Å². The second-order valence-corrected chi connectivity index (χ2v) is 8.60. The van der Waals surface area contributed by atoms with Gasteiger partial charge >= 0.3 is 12.2 Å². The molecule has 0 aliphatic heterocycles. The molecular weight excluding hydrogens is 324 g/mol. The van der Waals surface area contributed by atoms with E-state index in [1.807, 2.05) is 34.6 Å². The quantitative estimate of drug-likeness (QED) is 0.648. The van der Waals surface area contributed by atoms with Crippen LogP contribution in [-0.4, -0.2) is 47.2 Å². The van der Waals surface area contributed by atoms with Gasteiger partial charge in [0.15, 0.2) is 0 Å². The molecule has 0 aliphatic carbocycles. The maximum absolute atomic E-state index is 11.9. The molecule has 0 aromatic carbocycles. The second kappa shape index (κ2) is 9.85. The summed E-state index contributed by atoms with van der Waals surface area (Å²) in [5.74, 6) is 0.188. The Hall–Kier alpha value is -1.50. The number of hydrogen-bond acceptors (Lipinski definition) is 5. The van der Waals surface area contributed by atoms with Crippen LogP contribution in [0.4, 0.5) is 9.59 Å². The molecule has 0 aromatic rings. The Morgan fingerprint density at radius 3 is 1.68 bits per heavy atom. The van der Waals surface area contributed by atoms with Gasteiger partial charge in [0, 0.05) is 6.04 Å². The van der Waals surface area contributed by atoms with Crippen LogP contribution >= 0.6 is 0 Å². The fourth-order valence-electron chi connectivity index (χ4n) is 2.10. The zero-order valence-electron chi connectivity index (χ0n) is 16.9. The number of carbonyl (C=O) groups is 2. The zero-order valence-corrected chi connectivity index (χ0v) is 16.9. The smallest absolute Gasteiger partial charge is 0.407 e. The fourth-order valence-corrected chi connectivity index (χ4v) is 2.10. The minimum Gasteiger partial charge on any atom is -0.444 e. The van der Waals surface area contributed by atoms with E-state index in [1.54, 1.807) is 20.8 Å². The van der Waals surface area contributed by atoms with Crippen LogP contribution in [0.3, 0.4) is 0 Å². The van der Waals surface area contributed by atoms with Gasteiger partial charge in [0.05, 0.1) is 12.6 Å². The molecule has 7 heteroatoms. The Labute approximate surface area is 151 Å². The highest BCUT2D eigenvalue weighted by Gasteiger charge is 2.24. The van der Waals surface area contributed by atoms with E-state index in [2.05, 4.69) is 10.6 Å². The van der Waals surface area contributed by atoms with Crippen molar-refractivity contribution in [3.8, 4) is 0 Å². The van der Waals surface area contributed by atoms with Crippen LogP contribution in [0, 0.1) is 5.92 Å². The van der Waals surface area contributed by atoms with Crippen LogP contribution in [0.1, 0.15) is 68.2 Å². The van der Waals surface area contributed by atoms with Crippen molar-refractivity contribution in [2.45, 2.75) is 91.5 Å². The Morgan fingerprint density at radius 2 is 1.32 bits per heavy atom. The molecular formula is C18H36N2O5. The molecule has 2 unspecified atom stereocenters. The number of aliphatic hydroxyl groups excluding tert-OH is 1. The standard InChI is InChI=1S/C18H36N2O5/c1-12(2)14(20-16(23)25-18(6,7)8)10-9-13(11-21)19-15(22)24-17(3,4)5/h12-14,21H,9-11H2,1-8H3,(H,19,22)(H,20,23). The molecule has 0 rings (SSSR count). The van der Waals surface area contributed by atoms with E-state index in [9.17, 15) is 14.7 Å². The first-order valence-corrected chi connectivity index (χ1v) is 8.83. The van der Waals surface area contributed by atoms with Crippen molar-refractivity contribution in [3.63, 3.8) is 0 Å². The summed E-state index contributed by atoms with van der Waals surface area (Å²) in [6, 6.07) is -0.555. The van der Waals surface area contributed by atoms with Crippen molar-refractivity contribution >= 4 is 12.2 Å². The molecule has 3 N–H and O–H groups in total. The molecule has 0 aromatic heterocycles. The van der Waals surface area contributed by atoms with Crippen molar-refractivity contribution in [3.05, 3.63) is 0 Å². The first-order chi connectivity index (χ1) is 11.2. The monoisotopic (exact) mass is 360 g/mol. The van der Waals surface area contributed by atoms with Gasteiger partial charge in [-0.25, -0.2) is 9.59 Å².